The van der Waals surface area contributed by atoms with E-state index in [4.69, 9.17) is 16.3 Å². The molecular formula is C23H22ClF3N3O2+. The molecule has 32 heavy (non-hydrogen) atoms. The van der Waals surface area contributed by atoms with Crippen LogP contribution in [0.1, 0.15) is 22.8 Å². The molecule has 0 aliphatic rings. The molecule has 1 heterocycles. The number of carbonyl (C=O) groups excluding carboxylic acids is 1. The molecule has 1 unspecified atom stereocenters. The predicted molar refractivity (Wildman–Crippen MR) is 116 cm³/mol. The molecule has 0 fully saturated rings. The smallest absolute Gasteiger partial charge is 0.433 e. The highest BCUT2D eigenvalue weighted by atomic mass is 35.5. The van der Waals surface area contributed by atoms with Gasteiger partial charge in [-0.05, 0) is 24.3 Å². The van der Waals surface area contributed by atoms with E-state index in [1.807, 2.05) is 0 Å². The maximum atomic E-state index is 13.8. The van der Waals surface area contributed by atoms with Crippen molar-refractivity contribution in [2.75, 3.05) is 26.2 Å². The third kappa shape index (κ3) is 5.20. The zero-order valence-corrected chi connectivity index (χ0v) is 18.4. The van der Waals surface area contributed by atoms with Gasteiger partial charge in [0.2, 0.25) is 0 Å². The molecule has 0 spiro atoms. The lowest BCUT2D eigenvalue weighted by Crippen LogP contribution is -2.55. The van der Waals surface area contributed by atoms with E-state index in [0.717, 1.165) is 6.07 Å². The van der Waals surface area contributed by atoms with Crippen LogP contribution < -0.4 is 5.01 Å². The zero-order chi connectivity index (χ0) is 23.5. The second-order valence-corrected chi connectivity index (χ2v) is 8.24. The summed E-state index contributed by atoms with van der Waals surface area (Å²) < 4.78 is 47.1. The molecule has 2 aromatic carbocycles. The fraction of sp³-hybridized carbons (Fsp3) is 0.217. The molecule has 0 bridgehead atoms. The van der Waals surface area contributed by atoms with E-state index in [2.05, 4.69) is 4.98 Å². The van der Waals surface area contributed by atoms with Gasteiger partial charge in [-0.25, -0.2) is 9.39 Å². The number of hydrogen-bond acceptors (Lipinski definition) is 3. The van der Waals surface area contributed by atoms with Crippen molar-refractivity contribution in [2.45, 2.75) is 12.3 Å². The van der Waals surface area contributed by atoms with Gasteiger partial charge in [-0.2, -0.15) is 13.2 Å². The van der Waals surface area contributed by atoms with E-state index in [1.165, 1.54) is 41.7 Å². The number of nitrogens with zero attached hydrogens (tertiary/aromatic N) is 3. The largest absolute Gasteiger partial charge is 0.460 e. The molecule has 0 aliphatic heterocycles. The van der Waals surface area contributed by atoms with E-state index in [1.54, 1.807) is 51.5 Å². The van der Waals surface area contributed by atoms with Crippen LogP contribution in [-0.2, 0) is 10.9 Å². The Hall–Kier alpha value is -3.10. The molecule has 3 rings (SSSR count). The Morgan fingerprint density at radius 2 is 1.62 bits per heavy atom. The van der Waals surface area contributed by atoms with Gasteiger partial charge >= 0.3 is 12.3 Å². The van der Waals surface area contributed by atoms with Crippen LogP contribution in [0.5, 0.6) is 0 Å². The number of ether oxygens (including phenoxy) is 1. The maximum Gasteiger partial charge on any atom is 0.460 e. The van der Waals surface area contributed by atoms with Gasteiger partial charge in [-0.3, -0.25) is 4.98 Å². The summed E-state index contributed by atoms with van der Waals surface area (Å²) in [6.07, 6.45) is -4.23. The van der Waals surface area contributed by atoms with E-state index in [-0.39, 0.29) is 20.7 Å². The Balaban J connectivity index is 2.12. The lowest BCUT2D eigenvalue weighted by atomic mass is 9.97. The topological polar surface area (TPSA) is 42.4 Å². The van der Waals surface area contributed by atoms with Gasteiger partial charge in [0.1, 0.15) is 5.69 Å². The van der Waals surface area contributed by atoms with Crippen LogP contribution in [0.25, 0.3) is 0 Å². The lowest BCUT2D eigenvalue weighted by molar-refractivity contribution is -0.872. The number of aromatic nitrogens is 1. The van der Waals surface area contributed by atoms with Gasteiger partial charge in [0, 0.05) is 23.5 Å². The first-order valence-electron chi connectivity index (χ1n) is 9.63. The average Bonchev–Trinajstić information content (AvgIpc) is 2.72. The first-order chi connectivity index (χ1) is 15.0. The van der Waals surface area contributed by atoms with E-state index in [9.17, 15) is 18.0 Å². The summed E-state index contributed by atoms with van der Waals surface area (Å²) >= 11 is 6.28. The average molecular weight is 465 g/mol. The molecule has 1 aromatic heterocycles. The highest BCUT2D eigenvalue weighted by Gasteiger charge is 2.39. The van der Waals surface area contributed by atoms with Crippen molar-refractivity contribution in [3.05, 3.63) is 94.8 Å². The highest BCUT2D eigenvalue weighted by molar-refractivity contribution is 6.31. The minimum Gasteiger partial charge on any atom is -0.433 e. The summed E-state index contributed by atoms with van der Waals surface area (Å²) in [6.45, 7) is 0. The second-order valence-electron chi connectivity index (χ2n) is 7.83. The zero-order valence-electron chi connectivity index (χ0n) is 17.7. The van der Waals surface area contributed by atoms with Crippen LogP contribution in [0.2, 0.25) is 5.02 Å². The second kappa shape index (κ2) is 9.18. The Morgan fingerprint density at radius 3 is 2.22 bits per heavy atom. The Morgan fingerprint density at radius 1 is 1.00 bits per heavy atom. The van der Waals surface area contributed by atoms with Crippen LogP contribution in [-0.4, -0.2) is 36.8 Å². The number of halogens is 4. The standard InChI is InChI=1S/C23H22ClF3N3O2/c1-30(2,3)29(16-9-5-4-6-10-16)22(31)32-21(18-15-28-14-13-20(18)24)17-11-7-8-12-19(17)23(25,26)27/h4-15,21H,1-3H3/q+1. The molecule has 0 radical (unpaired) electrons. The van der Waals surface area contributed by atoms with Crippen LogP contribution >= 0.6 is 11.6 Å². The van der Waals surface area contributed by atoms with E-state index >= 15 is 0 Å². The molecular weight excluding hydrogens is 443 g/mol. The quantitative estimate of drug-likeness (QED) is 0.338. The fourth-order valence-electron chi connectivity index (χ4n) is 3.28. The highest BCUT2D eigenvalue weighted by Crippen LogP contribution is 2.40. The number of carbonyl (C=O) groups is 1. The van der Waals surface area contributed by atoms with Gasteiger partial charge in [-0.15, -0.1) is 5.01 Å². The number of rotatable bonds is 5. The number of anilines is 1. The maximum absolute atomic E-state index is 13.8. The van der Waals surface area contributed by atoms with Crippen molar-refractivity contribution in [2.24, 2.45) is 0 Å². The van der Waals surface area contributed by atoms with Crippen molar-refractivity contribution in [3.63, 3.8) is 0 Å². The summed E-state index contributed by atoms with van der Waals surface area (Å²) in [6, 6.07) is 15.1. The predicted octanol–water partition coefficient (Wildman–Crippen LogP) is 6.11. The van der Waals surface area contributed by atoms with Crippen molar-refractivity contribution in [1.82, 2.24) is 4.98 Å². The monoisotopic (exact) mass is 464 g/mol. The molecule has 0 aliphatic carbocycles. The van der Waals surface area contributed by atoms with Gasteiger partial charge in [-0.1, -0.05) is 48.0 Å². The van der Waals surface area contributed by atoms with Crippen molar-refractivity contribution in [3.8, 4) is 0 Å². The molecule has 1 atom stereocenters. The van der Waals surface area contributed by atoms with Crippen LogP contribution in [0.4, 0.5) is 23.7 Å². The molecule has 168 valence electrons. The normalized spacial score (nSPS) is 12.8. The summed E-state index contributed by atoms with van der Waals surface area (Å²) in [7, 11) is 5.22. The summed E-state index contributed by atoms with van der Waals surface area (Å²) in [5, 5.41) is 1.46. The number of amides is 1. The molecule has 3 aromatic rings. The molecule has 1 amide bonds. The summed E-state index contributed by atoms with van der Waals surface area (Å²) in [4.78, 5) is 17.3. The minimum absolute atomic E-state index is 0.0112. The van der Waals surface area contributed by atoms with Crippen LogP contribution in [0, 0.1) is 0 Å². The fourth-order valence-corrected chi connectivity index (χ4v) is 3.48. The summed E-state index contributed by atoms with van der Waals surface area (Å²) in [5.41, 5.74) is -0.495. The number of hydrogen-bond donors (Lipinski definition) is 0. The van der Waals surface area contributed by atoms with Crippen molar-refractivity contribution < 1.29 is 27.3 Å². The number of pyridine rings is 1. The van der Waals surface area contributed by atoms with E-state index < -0.39 is 23.9 Å². The first-order valence-corrected chi connectivity index (χ1v) is 10.0. The van der Waals surface area contributed by atoms with Gasteiger partial charge < -0.3 is 4.74 Å². The van der Waals surface area contributed by atoms with Crippen LogP contribution in [0.15, 0.2) is 73.1 Å². The molecule has 0 N–H and O–H groups in total. The number of para-hydroxylation sites is 1. The Kier molecular flexibility index (Phi) is 6.76. The SMILES string of the molecule is C[N+](C)(C)N(C(=O)OC(c1cnccc1Cl)c1ccccc1C(F)(F)F)c1ccccc1. The van der Waals surface area contributed by atoms with Gasteiger partial charge in [0.15, 0.2) is 6.10 Å². The minimum atomic E-state index is -4.66. The lowest BCUT2D eigenvalue weighted by Gasteiger charge is -2.36. The van der Waals surface area contributed by atoms with E-state index in [0.29, 0.717) is 5.69 Å². The third-order valence-corrected chi connectivity index (χ3v) is 4.96. The van der Waals surface area contributed by atoms with Gasteiger partial charge in [0.05, 0.1) is 31.7 Å². The van der Waals surface area contributed by atoms with Crippen molar-refractivity contribution >= 4 is 23.4 Å². The Bertz CT molecular complexity index is 1090. The first kappa shape index (κ1) is 23.6. The third-order valence-electron chi connectivity index (χ3n) is 4.62. The molecule has 5 nitrogen and oxygen atoms in total. The van der Waals surface area contributed by atoms with Crippen molar-refractivity contribution in [1.29, 1.82) is 0 Å². The number of quaternary nitrogens is 1. The van der Waals surface area contributed by atoms with Gasteiger partial charge in [0.25, 0.3) is 0 Å². The Labute approximate surface area is 189 Å². The molecule has 0 saturated carbocycles. The van der Waals surface area contributed by atoms with Crippen LogP contribution in [0.3, 0.4) is 0 Å². The number of benzene rings is 2. The summed E-state index contributed by atoms with van der Waals surface area (Å²) in [5.74, 6) is 0. The molecule has 9 heteroatoms. The molecule has 0 saturated heterocycles. The number of alkyl halides is 3.